The molecule has 0 aliphatic carbocycles. The summed E-state index contributed by atoms with van der Waals surface area (Å²) in [6.07, 6.45) is -1.39. The van der Waals surface area contributed by atoms with Gasteiger partial charge >= 0.3 is 0 Å². The van der Waals surface area contributed by atoms with Gasteiger partial charge in [-0.1, -0.05) is 6.07 Å². The molecule has 0 radical (unpaired) electrons. The van der Waals surface area contributed by atoms with Gasteiger partial charge in [0, 0.05) is 17.3 Å². The highest BCUT2D eigenvalue weighted by Crippen LogP contribution is 2.26. The van der Waals surface area contributed by atoms with Crippen LogP contribution in [0.2, 0.25) is 0 Å². The Balaban J connectivity index is 2.05. The van der Waals surface area contributed by atoms with Crippen molar-refractivity contribution in [3.8, 4) is 17.2 Å². The van der Waals surface area contributed by atoms with Gasteiger partial charge in [0.05, 0.1) is 7.11 Å². The standard InChI is InChI=1S/C21H26N2O5/c1-14(23(20(25)26)21(2,3)4)19(24)22-15-9-11-16(12-10-15)28-18-8-6-7-17(13-18)27-5/h6-14H,1-5H3,(H,22,24)(H,25,26)/p-1/t14-/m1/s1. The van der Waals surface area contributed by atoms with Gasteiger partial charge in [0.1, 0.15) is 29.4 Å². The second-order valence-corrected chi connectivity index (χ2v) is 7.28. The van der Waals surface area contributed by atoms with Crippen molar-refractivity contribution in [3.05, 3.63) is 48.5 Å². The molecule has 7 nitrogen and oxygen atoms in total. The fourth-order valence-corrected chi connectivity index (χ4v) is 2.78. The molecule has 0 aliphatic rings. The summed E-state index contributed by atoms with van der Waals surface area (Å²) in [5, 5.41) is 14.1. The second kappa shape index (κ2) is 8.65. The fraction of sp³-hybridized carbons (Fsp3) is 0.333. The first-order valence-electron chi connectivity index (χ1n) is 8.85. The molecule has 2 amide bonds. The van der Waals surface area contributed by atoms with Crippen molar-refractivity contribution in [1.82, 2.24) is 4.90 Å². The van der Waals surface area contributed by atoms with Crippen LogP contribution in [0, 0.1) is 0 Å². The van der Waals surface area contributed by atoms with Crippen LogP contribution in [-0.2, 0) is 4.79 Å². The number of benzene rings is 2. The summed E-state index contributed by atoms with van der Waals surface area (Å²) in [5.74, 6) is 1.46. The Bertz CT molecular complexity index is 827. The molecule has 0 saturated carbocycles. The summed E-state index contributed by atoms with van der Waals surface area (Å²) in [4.78, 5) is 24.9. The zero-order valence-corrected chi connectivity index (χ0v) is 16.7. The van der Waals surface area contributed by atoms with Crippen LogP contribution in [-0.4, -0.2) is 35.6 Å². The van der Waals surface area contributed by atoms with Gasteiger partial charge in [0.2, 0.25) is 5.91 Å². The van der Waals surface area contributed by atoms with Gasteiger partial charge in [-0.15, -0.1) is 0 Å². The summed E-state index contributed by atoms with van der Waals surface area (Å²) in [6, 6.07) is 13.1. The number of nitrogens with zero attached hydrogens (tertiary/aromatic N) is 1. The molecule has 1 atom stereocenters. The monoisotopic (exact) mass is 385 g/mol. The van der Waals surface area contributed by atoms with Gasteiger partial charge in [-0.25, -0.2) is 0 Å². The van der Waals surface area contributed by atoms with Crippen molar-refractivity contribution in [2.24, 2.45) is 0 Å². The molecule has 0 spiro atoms. The number of anilines is 1. The van der Waals surface area contributed by atoms with Gasteiger partial charge in [-0.05, 0) is 64.1 Å². The normalized spacial score (nSPS) is 12.0. The zero-order chi connectivity index (χ0) is 20.9. The van der Waals surface area contributed by atoms with E-state index in [-0.39, 0.29) is 0 Å². The third-order valence-electron chi connectivity index (χ3n) is 4.08. The van der Waals surface area contributed by atoms with E-state index in [4.69, 9.17) is 9.47 Å². The minimum Gasteiger partial charge on any atom is -0.530 e. The molecule has 2 aromatic carbocycles. The van der Waals surface area contributed by atoms with Gasteiger partial charge in [-0.2, -0.15) is 0 Å². The molecule has 2 rings (SSSR count). The molecule has 0 bridgehead atoms. The third kappa shape index (κ3) is 5.39. The lowest BCUT2D eigenvalue weighted by molar-refractivity contribution is -0.272. The van der Waals surface area contributed by atoms with Crippen LogP contribution < -0.4 is 19.9 Å². The van der Waals surface area contributed by atoms with E-state index < -0.39 is 23.6 Å². The van der Waals surface area contributed by atoms with E-state index in [9.17, 15) is 14.7 Å². The van der Waals surface area contributed by atoms with Crippen LogP contribution in [0.5, 0.6) is 17.2 Å². The van der Waals surface area contributed by atoms with Crippen molar-refractivity contribution in [2.45, 2.75) is 39.3 Å². The predicted molar refractivity (Wildman–Crippen MR) is 105 cm³/mol. The van der Waals surface area contributed by atoms with Crippen molar-refractivity contribution >= 4 is 17.7 Å². The zero-order valence-electron chi connectivity index (χ0n) is 16.7. The summed E-state index contributed by atoms with van der Waals surface area (Å²) in [7, 11) is 1.58. The number of hydrogen-bond donors (Lipinski definition) is 1. The fourth-order valence-electron chi connectivity index (χ4n) is 2.78. The molecule has 1 N–H and O–H groups in total. The second-order valence-electron chi connectivity index (χ2n) is 7.28. The first-order valence-corrected chi connectivity index (χ1v) is 8.85. The van der Waals surface area contributed by atoms with Crippen molar-refractivity contribution in [1.29, 1.82) is 0 Å². The summed E-state index contributed by atoms with van der Waals surface area (Å²) < 4.78 is 10.9. The number of nitrogens with one attached hydrogen (secondary N) is 1. The number of carbonyl (C=O) groups excluding carboxylic acids is 2. The van der Waals surface area contributed by atoms with E-state index >= 15 is 0 Å². The molecule has 0 saturated heterocycles. The number of hydrogen-bond acceptors (Lipinski definition) is 5. The maximum absolute atomic E-state index is 12.5. The lowest BCUT2D eigenvalue weighted by atomic mass is 10.0. The van der Waals surface area contributed by atoms with E-state index in [0.717, 1.165) is 4.90 Å². The number of methoxy groups -OCH3 is 1. The van der Waals surface area contributed by atoms with Crippen LogP contribution in [0.3, 0.4) is 0 Å². The Hall–Kier alpha value is -3.22. The molecule has 150 valence electrons. The van der Waals surface area contributed by atoms with Gasteiger partial charge in [0.25, 0.3) is 0 Å². The van der Waals surface area contributed by atoms with Crippen LogP contribution in [0.4, 0.5) is 10.5 Å². The van der Waals surface area contributed by atoms with Crippen LogP contribution >= 0.6 is 0 Å². The minimum atomic E-state index is -1.39. The largest absolute Gasteiger partial charge is 0.530 e. The quantitative estimate of drug-likeness (QED) is 0.824. The third-order valence-corrected chi connectivity index (χ3v) is 4.08. The van der Waals surface area contributed by atoms with Gasteiger partial charge in [0.15, 0.2) is 0 Å². The number of carbonyl (C=O) groups is 2. The maximum atomic E-state index is 12.5. The topological polar surface area (TPSA) is 90.9 Å². The molecular formula is C21H25N2O5-. The molecule has 0 aliphatic heterocycles. The molecule has 0 heterocycles. The van der Waals surface area contributed by atoms with Crippen LogP contribution in [0.15, 0.2) is 48.5 Å². The van der Waals surface area contributed by atoms with Crippen LogP contribution in [0.1, 0.15) is 27.7 Å². The SMILES string of the molecule is COc1cccc(Oc2ccc(NC(=O)[C@@H](C)N(C(=O)[O-])C(C)(C)C)cc2)c1. The lowest BCUT2D eigenvalue weighted by Crippen LogP contribution is -2.58. The average molecular weight is 385 g/mol. The molecule has 2 aromatic rings. The molecule has 0 fully saturated rings. The highest BCUT2D eigenvalue weighted by Gasteiger charge is 2.30. The van der Waals surface area contributed by atoms with Gasteiger partial charge < -0.3 is 29.6 Å². The lowest BCUT2D eigenvalue weighted by Gasteiger charge is -2.41. The van der Waals surface area contributed by atoms with Crippen LogP contribution in [0.25, 0.3) is 0 Å². The average Bonchev–Trinajstić information content (AvgIpc) is 2.62. The Morgan fingerprint density at radius 2 is 1.64 bits per heavy atom. The molecule has 28 heavy (non-hydrogen) atoms. The Morgan fingerprint density at radius 3 is 2.18 bits per heavy atom. The Labute approximate surface area is 164 Å². The first-order chi connectivity index (χ1) is 13.1. The van der Waals surface area contributed by atoms with E-state index in [0.29, 0.717) is 22.9 Å². The van der Waals surface area contributed by atoms with Crippen molar-refractivity contribution < 1.29 is 24.2 Å². The summed E-state index contributed by atoms with van der Waals surface area (Å²) >= 11 is 0. The maximum Gasteiger partial charge on any atom is 0.246 e. The molecule has 0 unspecified atom stereocenters. The number of ether oxygens (including phenoxy) is 2. The smallest absolute Gasteiger partial charge is 0.246 e. The Kier molecular flexibility index (Phi) is 6.51. The highest BCUT2D eigenvalue weighted by molar-refractivity contribution is 5.96. The molecule has 7 heteroatoms. The summed E-state index contributed by atoms with van der Waals surface area (Å²) in [5.41, 5.74) is -0.230. The number of amides is 2. The first kappa shape index (κ1) is 21.1. The molecule has 0 aromatic heterocycles. The summed E-state index contributed by atoms with van der Waals surface area (Å²) in [6.45, 7) is 6.64. The number of carboxylic acid groups (broad SMARTS) is 1. The van der Waals surface area contributed by atoms with E-state index in [2.05, 4.69) is 5.32 Å². The highest BCUT2D eigenvalue weighted by atomic mass is 16.5. The Morgan fingerprint density at radius 1 is 1.04 bits per heavy atom. The van der Waals surface area contributed by atoms with Gasteiger partial charge in [-0.3, -0.25) is 4.79 Å². The van der Waals surface area contributed by atoms with E-state index in [1.165, 1.54) is 6.92 Å². The van der Waals surface area contributed by atoms with E-state index in [1.54, 1.807) is 64.3 Å². The van der Waals surface area contributed by atoms with Crippen molar-refractivity contribution in [3.63, 3.8) is 0 Å². The minimum absolute atomic E-state index is 0.444. The van der Waals surface area contributed by atoms with E-state index in [1.807, 2.05) is 12.1 Å². The van der Waals surface area contributed by atoms with Crippen molar-refractivity contribution in [2.75, 3.05) is 12.4 Å². The molecular weight excluding hydrogens is 360 g/mol. The predicted octanol–water partition coefficient (Wildman–Crippen LogP) is 3.26. The number of rotatable bonds is 6.